The minimum Gasteiger partial charge on any atom is -0.306 e. The van der Waals surface area contributed by atoms with E-state index in [2.05, 4.69) is 10.3 Å². The minimum atomic E-state index is -0.216. The molecular formula is C17H15ClN2OS. The molecule has 112 valence electrons. The van der Waals surface area contributed by atoms with Crippen molar-refractivity contribution in [3.63, 3.8) is 0 Å². The molecule has 22 heavy (non-hydrogen) atoms. The van der Waals surface area contributed by atoms with Crippen LogP contribution in [0.1, 0.15) is 26.5 Å². The molecule has 3 rings (SSSR count). The van der Waals surface area contributed by atoms with Crippen molar-refractivity contribution < 1.29 is 4.79 Å². The zero-order valence-electron chi connectivity index (χ0n) is 12.5. The number of halogens is 1. The first-order valence-corrected chi connectivity index (χ1v) is 8.10. The van der Waals surface area contributed by atoms with Crippen LogP contribution in [0.5, 0.6) is 0 Å². The number of amides is 1. The molecule has 0 spiro atoms. The second-order valence-electron chi connectivity index (χ2n) is 5.25. The monoisotopic (exact) mass is 330 g/mol. The highest BCUT2D eigenvalue weighted by Gasteiger charge is 2.18. The second-order valence-corrected chi connectivity index (χ2v) is 6.68. The number of thiophene rings is 1. The van der Waals surface area contributed by atoms with Crippen LogP contribution in [-0.4, -0.2) is 10.9 Å². The largest absolute Gasteiger partial charge is 0.306 e. The van der Waals surface area contributed by atoms with Crippen molar-refractivity contribution in [3.05, 3.63) is 57.1 Å². The van der Waals surface area contributed by atoms with Crippen LogP contribution in [0.2, 0.25) is 5.02 Å². The quantitative estimate of drug-likeness (QED) is 0.708. The van der Waals surface area contributed by atoms with Crippen LogP contribution in [0.25, 0.3) is 10.1 Å². The van der Waals surface area contributed by atoms with Gasteiger partial charge in [0.1, 0.15) is 10.7 Å². The summed E-state index contributed by atoms with van der Waals surface area (Å²) in [5.74, 6) is 0.378. The van der Waals surface area contributed by atoms with E-state index in [4.69, 9.17) is 11.6 Å². The van der Waals surface area contributed by atoms with Crippen molar-refractivity contribution in [2.45, 2.75) is 20.8 Å². The van der Waals surface area contributed by atoms with E-state index in [-0.39, 0.29) is 5.91 Å². The number of rotatable bonds is 2. The van der Waals surface area contributed by atoms with Crippen molar-refractivity contribution in [3.8, 4) is 0 Å². The summed E-state index contributed by atoms with van der Waals surface area (Å²) in [5.41, 5.74) is 2.95. The number of benzene rings is 1. The van der Waals surface area contributed by atoms with E-state index >= 15 is 0 Å². The van der Waals surface area contributed by atoms with Crippen LogP contribution < -0.4 is 5.32 Å². The average Bonchev–Trinajstić information content (AvgIpc) is 2.82. The molecule has 2 aromatic heterocycles. The Morgan fingerprint density at radius 1 is 1.23 bits per heavy atom. The Balaban J connectivity index is 1.99. The summed E-state index contributed by atoms with van der Waals surface area (Å²) in [4.78, 5) is 17.5. The number of anilines is 1. The molecule has 2 heterocycles. The Hall–Kier alpha value is -1.91. The van der Waals surface area contributed by atoms with Crippen LogP contribution >= 0.6 is 22.9 Å². The third-order valence-corrected chi connectivity index (χ3v) is 5.31. The highest BCUT2D eigenvalue weighted by Crippen LogP contribution is 2.35. The summed E-state index contributed by atoms with van der Waals surface area (Å²) in [7, 11) is 0. The number of carbonyl (C=O) groups is 1. The molecule has 0 aliphatic rings. The van der Waals surface area contributed by atoms with Gasteiger partial charge in [0.25, 0.3) is 5.91 Å². The lowest BCUT2D eigenvalue weighted by molar-refractivity contribution is 0.103. The first kappa shape index (κ1) is 15.0. The second kappa shape index (κ2) is 5.71. The lowest BCUT2D eigenvalue weighted by Gasteiger charge is -2.10. The van der Waals surface area contributed by atoms with Gasteiger partial charge < -0.3 is 5.32 Å². The van der Waals surface area contributed by atoms with E-state index in [1.54, 1.807) is 0 Å². The fourth-order valence-electron chi connectivity index (χ4n) is 2.35. The number of nitrogens with one attached hydrogen (secondary N) is 1. The Morgan fingerprint density at radius 3 is 2.68 bits per heavy atom. The fraction of sp³-hybridized carbons (Fsp3) is 0.176. The van der Waals surface area contributed by atoms with Crippen LogP contribution in [0.15, 0.2) is 30.3 Å². The van der Waals surface area contributed by atoms with Gasteiger partial charge in [-0.05, 0) is 44.0 Å². The summed E-state index contributed by atoms with van der Waals surface area (Å²) in [6.45, 7) is 5.87. The number of nitrogens with zero attached hydrogens (tertiary/aromatic N) is 1. The van der Waals surface area contributed by atoms with Crippen molar-refractivity contribution >= 4 is 44.7 Å². The van der Waals surface area contributed by atoms with E-state index in [0.29, 0.717) is 15.7 Å². The lowest BCUT2D eigenvalue weighted by atomic mass is 10.1. The van der Waals surface area contributed by atoms with E-state index in [9.17, 15) is 4.79 Å². The summed E-state index contributed by atoms with van der Waals surface area (Å²) >= 11 is 7.74. The molecule has 1 N–H and O–H groups in total. The van der Waals surface area contributed by atoms with Gasteiger partial charge >= 0.3 is 0 Å². The summed E-state index contributed by atoms with van der Waals surface area (Å²) < 4.78 is 1.00. The van der Waals surface area contributed by atoms with Gasteiger partial charge in [-0.2, -0.15) is 0 Å². The minimum absolute atomic E-state index is 0.216. The molecule has 3 aromatic rings. The van der Waals surface area contributed by atoms with Crippen LogP contribution in [0.4, 0.5) is 5.82 Å². The van der Waals surface area contributed by atoms with Crippen LogP contribution in [-0.2, 0) is 0 Å². The Labute approximate surface area is 138 Å². The molecule has 0 bridgehead atoms. The van der Waals surface area contributed by atoms with Crippen LogP contribution in [0.3, 0.4) is 0 Å². The smallest absolute Gasteiger partial charge is 0.268 e. The first-order chi connectivity index (χ1) is 10.5. The van der Waals surface area contributed by atoms with Crippen molar-refractivity contribution in [2.24, 2.45) is 0 Å². The Kier molecular flexibility index (Phi) is 3.89. The number of pyridine rings is 1. The zero-order valence-corrected chi connectivity index (χ0v) is 14.1. The Bertz CT molecular complexity index is 886. The summed E-state index contributed by atoms with van der Waals surface area (Å²) in [6, 6.07) is 9.73. The number of aryl methyl sites for hydroxylation is 2. The van der Waals surface area contributed by atoms with Gasteiger partial charge in [-0.3, -0.25) is 4.79 Å². The van der Waals surface area contributed by atoms with E-state index in [1.807, 2.05) is 51.1 Å². The number of carbonyl (C=O) groups excluding carboxylic acids is 1. The number of hydrogen-bond acceptors (Lipinski definition) is 3. The van der Waals surface area contributed by atoms with E-state index < -0.39 is 0 Å². The van der Waals surface area contributed by atoms with E-state index in [0.717, 1.165) is 26.9 Å². The maximum absolute atomic E-state index is 12.6. The van der Waals surface area contributed by atoms with Gasteiger partial charge in [0.15, 0.2) is 0 Å². The highest BCUT2D eigenvalue weighted by atomic mass is 35.5. The average molecular weight is 331 g/mol. The maximum atomic E-state index is 12.6. The van der Waals surface area contributed by atoms with Gasteiger partial charge in [-0.25, -0.2) is 4.98 Å². The number of fused-ring (bicyclic) bond motifs is 1. The normalized spacial score (nSPS) is 10.9. The highest BCUT2D eigenvalue weighted by molar-refractivity contribution is 7.21. The molecule has 0 unspecified atom stereocenters. The zero-order chi connectivity index (χ0) is 15.9. The van der Waals surface area contributed by atoms with Gasteiger partial charge in [0, 0.05) is 15.8 Å². The van der Waals surface area contributed by atoms with Gasteiger partial charge in [0.2, 0.25) is 0 Å². The topological polar surface area (TPSA) is 42.0 Å². The SMILES string of the molecule is Cc1cc(C)c(C)c(NC(=O)c2sc3ccccc3c2Cl)n1. The Morgan fingerprint density at radius 2 is 1.95 bits per heavy atom. The van der Waals surface area contributed by atoms with E-state index in [1.165, 1.54) is 11.3 Å². The molecule has 1 aromatic carbocycles. The summed E-state index contributed by atoms with van der Waals surface area (Å²) in [6.07, 6.45) is 0. The standard InChI is InChI=1S/C17H15ClN2OS/c1-9-8-10(2)19-16(11(9)3)20-17(21)15-14(18)12-6-4-5-7-13(12)22-15/h4-8H,1-3H3,(H,19,20,21). The molecule has 0 saturated carbocycles. The number of aromatic nitrogens is 1. The molecular weight excluding hydrogens is 316 g/mol. The van der Waals surface area contributed by atoms with Crippen molar-refractivity contribution in [1.29, 1.82) is 0 Å². The molecule has 0 atom stereocenters. The van der Waals surface area contributed by atoms with Gasteiger partial charge in [-0.15, -0.1) is 11.3 Å². The molecule has 0 radical (unpaired) electrons. The molecule has 3 nitrogen and oxygen atoms in total. The molecule has 5 heteroatoms. The van der Waals surface area contributed by atoms with Crippen molar-refractivity contribution in [1.82, 2.24) is 4.98 Å². The molecule has 0 aliphatic heterocycles. The lowest BCUT2D eigenvalue weighted by Crippen LogP contribution is -2.14. The predicted molar refractivity (Wildman–Crippen MR) is 93.2 cm³/mol. The van der Waals surface area contributed by atoms with Crippen LogP contribution in [0, 0.1) is 20.8 Å². The van der Waals surface area contributed by atoms with Gasteiger partial charge in [-0.1, -0.05) is 29.8 Å². The maximum Gasteiger partial charge on any atom is 0.268 e. The third-order valence-electron chi connectivity index (χ3n) is 3.63. The number of hydrogen-bond donors (Lipinski definition) is 1. The molecule has 0 aliphatic carbocycles. The van der Waals surface area contributed by atoms with Crippen molar-refractivity contribution in [2.75, 3.05) is 5.32 Å². The predicted octanol–water partition coefficient (Wildman–Crippen LogP) is 5.13. The summed E-state index contributed by atoms with van der Waals surface area (Å²) in [5, 5.41) is 4.29. The first-order valence-electron chi connectivity index (χ1n) is 6.90. The molecule has 0 fully saturated rings. The fourth-order valence-corrected chi connectivity index (χ4v) is 3.76. The molecule has 0 saturated heterocycles. The third kappa shape index (κ3) is 2.60. The molecule has 1 amide bonds. The van der Waals surface area contributed by atoms with Gasteiger partial charge in [0.05, 0.1) is 5.02 Å².